The topological polar surface area (TPSA) is 15.3 Å². The molecule has 1 aromatic heterocycles. The Kier molecular flexibility index (Phi) is 4.25. The molecule has 2 nitrogen and oxygen atoms in total. The lowest BCUT2D eigenvalue weighted by atomic mass is 9.82. The number of hydrogen-bond acceptors (Lipinski definition) is 3. The van der Waals surface area contributed by atoms with Crippen LogP contribution in [0.3, 0.4) is 0 Å². The third kappa shape index (κ3) is 3.39. The smallest absolute Gasteiger partial charge is 0.0331 e. The molecule has 1 atom stereocenters. The van der Waals surface area contributed by atoms with E-state index in [-0.39, 0.29) is 0 Å². The van der Waals surface area contributed by atoms with Crippen LogP contribution in [0.4, 0.5) is 0 Å². The summed E-state index contributed by atoms with van der Waals surface area (Å²) in [4.78, 5) is 4.30. The Morgan fingerprint density at radius 3 is 2.95 bits per heavy atom. The summed E-state index contributed by atoms with van der Waals surface area (Å²) in [7, 11) is 0. The highest BCUT2D eigenvalue weighted by molar-refractivity contribution is 7.09. The summed E-state index contributed by atoms with van der Waals surface area (Å²) >= 11 is 1.91. The monoisotopic (exact) mass is 278 g/mol. The van der Waals surface area contributed by atoms with Crippen LogP contribution in [0.1, 0.15) is 43.9 Å². The Morgan fingerprint density at radius 1 is 1.47 bits per heavy atom. The minimum Gasteiger partial charge on any atom is -0.316 e. The highest BCUT2D eigenvalue weighted by atomic mass is 32.1. The average Bonchev–Trinajstić information content (AvgIpc) is 2.94. The lowest BCUT2D eigenvalue weighted by molar-refractivity contribution is 0.140. The van der Waals surface area contributed by atoms with Crippen molar-refractivity contribution in [3.8, 4) is 0 Å². The third-order valence-corrected chi connectivity index (χ3v) is 5.51. The van der Waals surface area contributed by atoms with E-state index in [1.807, 2.05) is 11.3 Å². The van der Waals surface area contributed by atoms with E-state index < -0.39 is 0 Å². The van der Waals surface area contributed by atoms with Crippen molar-refractivity contribution in [2.24, 2.45) is 5.41 Å². The van der Waals surface area contributed by atoms with Gasteiger partial charge >= 0.3 is 0 Å². The molecular weight excluding hydrogens is 252 g/mol. The second-order valence-electron chi connectivity index (χ2n) is 6.39. The first-order valence-electron chi connectivity index (χ1n) is 7.78. The standard InChI is InChI=1S/C16H26N2S/c1-2-7-16(8-9-17-12-16)13-18(14-5-6-14)11-15-4-3-10-19-15/h3-4,10,14,17H,2,5-9,11-13H2,1H3. The Balaban J connectivity index is 1.66. The van der Waals surface area contributed by atoms with Crippen molar-refractivity contribution in [3.63, 3.8) is 0 Å². The molecule has 3 heteroatoms. The summed E-state index contributed by atoms with van der Waals surface area (Å²) in [6.45, 7) is 7.26. The van der Waals surface area contributed by atoms with Crippen molar-refractivity contribution in [1.82, 2.24) is 10.2 Å². The van der Waals surface area contributed by atoms with E-state index in [0.717, 1.165) is 6.04 Å². The lowest BCUT2D eigenvalue weighted by Gasteiger charge is -2.35. The van der Waals surface area contributed by atoms with E-state index in [9.17, 15) is 0 Å². The van der Waals surface area contributed by atoms with Gasteiger partial charge in [-0.15, -0.1) is 11.3 Å². The van der Waals surface area contributed by atoms with Crippen molar-refractivity contribution in [2.75, 3.05) is 19.6 Å². The molecule has 0 bridgehead atoms. The molecule has 1 N–H and O–H groups in total. The van der Waals surface area contributed by atoms with Crippen molar-refractivity contribution >= 4 is 11.3 Å². The molecule has 2 heterocycles. The Morgan fingerprint density at radius 2 is 2.37 bits per heavy atom. The van der Waals surface area contributed by atoms with Gasteiger partial charge in [-0.1, -0.05) is 19.4 Å². The predicted octanol–water partition coefficient (Wildman–Crippen LogP) is 3.49. The van der Waals surface area contributed by atoms with Gasteiger partial charge in [0.1, 0.15) is 0 Å². The Bertz CT molecular complexity index is 377. The zero-order chi connectivity index (χ0) is 13.1. The Labute approximate surface area is 121 Å². The third-order valence-electron chi connectivity index (χ3n) is 4.65. The van der Waals surface area contributed by atoms with E-state index in [0.29, 0.717) is 5.41 Å². The number of rotatable bonds is 7. The Hall–Kier alpha value is -0.380. The van der Waals surface area contributed by atoms with Crippen LogP contribution in [0, 0.1) is 5.41 Å². The minimum absolute atomic E-state index is 0.550. The minimum atomic E-state index is 0.550. The molecule has 3 rings (SSSR count). The second kappa shape index (κ2) is 5.94. The first-order chi connectivity index (χ1) is 9.31. The number of nitrogens with one attached hydrogen (secondary N) is 1. The van der Waals surface area contributed by atoms with Gasteiger partial charge in [-0.3, -0.25) is 4.90 Å². The largest absolute Gasteiger partial charge is 0.316 e. The van der Waals surface area contributed by atoms with E-state index >= 15 is 0 Å². The summed E-state index contributed by atoms with van der Waals surface area (Å²) in [6.07, 6.45) is 6.91. The molecule has 1 aliphatic carbocycles. The van der Waals surface area contributed by atoms with Crippen molar-refractivity contribution in [3.05, 3.63) is 22.4 Å². The molecule has 2 aliphatic rings. The quantitative estimate of drug-likeness (QED) is 0.821. The second-order valence-corrected chi connectivity index (χ2v) is 7.42. The van der Waals surface area contributed by atoms with Gasteiger partial charge in [-0.25, -0.2) is 0 Å². The van der Waals surface area contributed by atoms with E-state index in [2.05, 4.69) is 34.7 Å². The van der Waals surface area contributed by atoms with Crippen LogP contribution < -0.4 is 5.32 Å². The molecule has 0 amide bonds. The molecule has 2 fully saturated rings. The van der Waals surface area contributed by atoms with Crippen LogP contribution in [0.5, 0.6) is 0 Å². The van der Waals surface area contributed by atoms with E-state index in [1.165, 1.54) is 63.2 Å². The zero-order valence-corrected chi connectivity index (χ0v) is 12.8. The van der Waals surface area contributed by atoms with Gasteiger partial charge in [0.15, 0.2) is 0 Å². The SMILES string of the molecule is CCCC1(CN(Cc2cccs2)C2CC2)CCNC1. The fraction of sp³-hybridized carbons (Fsp3) is 0.750. The predicted molar refractivity (Wildman–Crippen MR) is 82.6 cm³/mol. The maximum Gasteiger partial charge on any atom is 0.0331 e. The zero-order valence-electron chi connectivity index (χ0n) is 12.0. The van der Waals surface area contributed by atoms with Crippen molar-refractivity contribution in [1.29, 1.82) is 0 Å². The number of hydrogen-bond donors (Lipinski definition) is 1. The highest BCUT2D eigenvalue weighted by Gasteiger charge is 2.39. The molecular formula is C16H26N2S. The van der Waals surface area contributed by atoms with Crippen LogP contribution in [0.15, 0.2) is 17.5 Å². The molecule has 1 aromatic rings. The molecule has 1 aliphatic heterocycles. The van der Waals surface area contributed by atoms with Crippen LogP contribution >= 0.6 is 11.3 Å². The normalized spacial score (nSPS) is 27.3. The van der Waals surface area contributed by atoms with Gasteiger partial charge in [-0.05, 0) is 49.1 Å². The van der Waals surface area contributed by atoms with Gasteiger partial charge in [0.2, 0.25) is 0 Å². The average molecular weight is 278 g/mol. The molecule has 0 aromatic carbocycles. The summed E-state index contributed by atoms with van der Waals surface area (Å²) in [6, 6.07) is 5.35. The van der Waals surface area contributed by atoms with Gasteiger partial charge in [-0.2, -0.15) is 0 Å². The number of thiophene rings is 1. The molecule has 19 heavy (non-hydrogen) atoms. The van der Waals surface area contributed by atoms with Crippen LogP contribution in [-0.2, 0) is 6.54 Å². The van der Waals surface area contributed by atoms with E-state index in [4.69, 9.17) is 0 Å². The first-order valence-corrected chi connectivity index (χ1v) is 8.66. The highest BCUT2D eigenvalue weighted by Crippen LogP contribution is 2.37. The summed E-state index contributed by atoms with van der Waals surface area (Å²) in [5.41, 5.74) is 0.550. The fourth-order valence-electron chi connectivity index (χ4n) is 3.54. The summed E-state index contributed by atoms with van der Waals surface area (Å²) < 4.78 is 0. The molecule has 1 saturated heterocycles. The summed E-state index contributed by atoms with van der Waals surface area (Å²) in [5, 5.41) is 5.81. The lowest BCUT2D eigenvalue weighted by Crippen LogP contribution is -2.40. The first kappa shape index (κ1) is 13.6. The van der Waals surface area contributed by atoms with Gasteiger partial charge < -0.3 is 5.32 Å². The maximum atomic E-state index is 3.60. The van der Waals surface area contributed by atoms with Crippen molar-refractivity contribution < 1.29 is 0 Å². The summed E-state index contributed by atoms with van der Waals surface area (Å²) in [5.74, 6) is 0. The molecule has 1 saturated carbocycles. The van der Waals surface area contributed by atoms with Gasteiger partial charge in [0.25, 0.3) is 0 Å². The van der Waals surface area contributed by atoms with Crippen LogP contribution in [0.25, 0.3) is 0 Å². The van der Waals surface area contributed by atoms with Crippen LogP contribution in [-0.4, -0.2) is 30.6 Å². The van der Waals surface area contributed by atoms with Gasteiger partial charge in [0, 0.05) is 30.6 Å². The molecule has 0 radical (unpaired) electrons. The molecule has 1 unspecified atom stereocenters. The van der Waals surface area contributed by atoms with Crippen molar-refractivity contribution in [2.45, 2.75) is 51.6 Å². The van der Waals surface area contributed by atoms with E-state index in [1.54, 1.807) is 0 Å². The molecule has 0 spiro atoms. The van der Waals surface area contributed by atoms with Crippen LogP contribution in [0.2, 0.25) is 0 Å². The fourth-order valence-corrected chi connectivity index (χ4v) is 4.27. The van der Waals surface area contributed by atoms with Gasteiger partial charge in [0.05, 0.1) is 0 Å². The maximum absolute atomic E-state index is 3.60. The molecule has 106 valence electrons. The number of nitrogens with zero attached hydrogens (tertiary/aromatic N) is 1.